The molecule has 6 heteroatoms. The molecule has 2 aliphatic heterocycles. The molecule has 0 radical (unpaired) electrons. The molecule has 0 aromatic rings. The zero-order valence-electron chi connectivity index (χ0n) is 16.0. The van der Waals surface area contributed by atoms with Crippen molar-refractivity contribution in [1.82, 2.24) is 4.90 Å². The van der Waals surface area contributed by atoms with Crippen molar-refractivity contribution in [3.05, 3.63) is 35.6 Å². The van der Waals surface area contributed by atoms with Gasteiger partial charge in [0.05, 0.1) is 33.0 Å². The van der Waals surface area contributed by atoms with Crippen molar-refractivity contribution in [3.63, 3.8) is 0 Å². The summed E-state index contributed by atoms with van der Waals surface area (Å²) in [6.45, 7) is 11.6. The molecule has 1 saturated heterocycles. The first-order valence-electron chi connectivity index (χ1n) is 9.38. The van der Waals surface area contributed by atoms with Crippen molar-refractivity contribution in [3.8, 4) is 0 Å². The summed E-state index contributed by atoms with van der Waals surface area (Å²) in [5.41, 5.74) is 2.39. The van der Waals surface area contributed by atoms with Gasteiger partial charge in [0.25, 0.3) is 5.91 Å². The third-order valence-corrected chi connectivity index (χ3v) is 4.47. The normalized spacial score (nSPS) is 21.5. The summed E-state index contributed by atoms with van der Waals surface area (Å²) >= 11 is 0. The van der Waals surface area contributed by atoms with E-state index in [-0.39, 0.29) is 12.2 Å². The summed E-state index contributed by atoms with van der Waals surface area (Å²) in [5, 5.41) is 0. The molecule has 0 N–H and O–H groups in total. The molecule has 1 amide bonds. The summed E-state index contributed by atoms with van der Waals surface area (Å²) in [5.74, 6) is -0.00692. The van der Waals surface area contributed by atoms with E-state index in [2.05, 4.69) is 6.58 Å². The van der Waals surface area contributed by atoms with Crippen molar-refractivity contribution in [2.45, 2.75) is 39.4 Å². The summed E-state index contributed by atoms with van der Waals surface area (Å²) in [6.07, 6.45) is 6.88. The van der Waals surface area contributed by atoms with Crippen LogP contribution in [0.1, 0.15) is 33.1 Å². The summed E-state index contributed by atoms with van der Waals surface area (Å²) in [6, 6.07) is 0. The number of ether oxygens (including phenoxy) is 4. The molecule has 0 aliphatic carbocycles. The highest BCUT2D eigenvalue weighted by Gasteiger charge is 2.29. The van der Waals surface area contributed by atoms with E-state index in [1.165, 1.54) is 0 Å². The molecule has 0 spiro atoms. The Balaban J connectivity index is 1.49. The lowest BCUT2D eigenvalue weighted by Crippen LogP contribution is -2.29. The van der Waals surface area contributed by atoms with Gasteiger partial charge in [0, 0.05) is 24.4 Å². The Hall–Kier alpha value is -1.47. The molecular formula is C20H31NO5. The fourth-order valence-electron chi connectivity index (χ4n) is 2.94. The highest BCUT2D eigenvalue weighted by atomic mass is 16.7. The summed E-state index contributed by atoms with van der Waals surface area (Å²) in [7, 11) is 0. The van der Waals surface area contributed by atoms with Crippen LogP contribution < -0.4 is 0 Å². The topological polar surface area (TPSA) is 57.2 Å². The minimum Gasteiger partial charge on any atom is -0.377 e. The SMILES string of the molecule is C=C1C(C)=C(/C=C\C)C(=O)N1CCOCCOCCOC1CCCCO1. The molecule has 0 aromatic carbocycles. The van der Waals surface area contributed by atoms with Crippen LogP contribution in [-0.2, 0) is 23.7 Å². The number of rotatable bonds is 11. The third kappa shape index (κ3) is 6.06. The molecule has 1 fully saturated rings. The molecule has 146 valence electrons. The highest BCUT2D eigenvalue weighted by molar-refractivity contribution is 6.02. The van der Waals surface area contributed by atoms with Crippen LogP contribution >= 0.6 is 0 Å². The number of hydrogen-bond acceptors (Lipinski definition) is 5. The molecule has 26 heavy (non-hydrogen) atoms. The van der Waals surface area contributed by atoms with Crippen molar-refractivity contribution >= 4 is 5.91 Å². The Labute approximate surface area is 156 Å². The summed E-state index contributed by atoms with van der Waals surface area (Å²) in [4.78, 5) is 14.0. The number of hydrogen-bond donors (Lipinski definition) is 0. The van der Waals surface area contributed by atoms with Gasteiger partial charge >= 0.3 is 0 Å². The molecular weight excluding hydrogens is 334 g/mol. The number of carbonyl (C=O) groups is 1. The second kappa shape index (κ2) is 11.3. The number of carbonyl (C=O) groups excluding carboxylic acids is 1. The first kappa shape index (κ1) is 20.8. The van der Waals surface area contributed by atoms with Crippen molar-refractivity contribution < 1.29 is 23.7 Å². The average Bonchev–Trinajstić information content (AvgIpc) is 2.85. The van der Waals surface area contributed by atoms with E-state index < -0.39 is 0 Å². The first-order valence-corrected chi connectivity index (χ1v) is 9.38. The Morgan fingerprint density at radius 3 is 2.62 bits per heavy atom. The van der Waals surface area contributed by atoms with Crippen LogP contribution in [0, 0.1) is 0 Å². The fraction of sp³-hybridized carbons (Fsp3) is 0.650. The zero-order chi connectivity index (χ0) is 18.8. The smallest absolute Gasteiger partial charge is 0.258 e. The highest BCUT2D eigenvalue weighted by Crippen LogP contribution is 2.28. The quantitative estimate of drug-likeness (QED) is 0.527. The van der Waals surface area contributed by atoms with Crippen LogP contribution in [0.25, 0.3) is 0 Å². The molecule has 0 bridgehead atoms. The van der Waals surface area contributed by atoms with E-state index in [1.54, 1.807) is 4.90 Å². The van der Waals surface area contributed by atoms with Crippen LogP contribution in [0.2, 0.25) is 0 Å². The van der Waals surface area contributed by atoms with E-state index in [0.29, 0.717) is 45.2 Å². The predicted octanol–water partition coefficient (Wildman–Crippen LogP) is 2.81. The fourth-order valence-corrected chi connectivity index (χ4v) is 2.94. The van der Waals surface area contributed by atoms with Crippen LogP contribution in [0.15, 0.2) is 35.6 Å². The van der Waals surface area contributed by atoms with Gasteiger partial charge < -0.3 is 23.8 Å². The zero-order valence-corrected chi connectivity index (χ0v) is 16.0. The molecule has 1 atom stereocenters. The molecule has 2 heterocycles. The van der Waals surface area contributed by atoms with Crippen molar-refractivity contribution in [1.29, 1.82) is 0 Å². The van der Waals surface area contributed by atoms with Gasteiger partial charge in [0.1, 0.15) is 0 Å². The van der Waals surface area contributed by atoms with Crippen LogP contribution in [0.3, 0.4) is 0 Å². The maximum Gasteiger partial charge on any atom is 0.258 e. The largest absolute Gasteiger partial charge is 0.377 e. The maximum absolute atomic E-state index is 12.3. The Bertz CT molecular complexity index is 534. The van der Waals surface area contributed by atoms with E-state index in [9.17, 15) is 4.79 Å². The van der Waals surface area contributed by atoms with E-state index in [4.69, 9.17) is 18.9 Å². The standard InChI is InChI=1S/C20H31NO5/c1-4-7-18-16(2)17(3)21(20(18)22)9-11-23-12-13-24-14-15-26-19-8-5-6-10-25-19/h4,7,19H,3,5-6,8-15H2,1-2H3/b7-4-. The molecule has 6 nitrogen and oxygen atoms in total. The predicted molar refractivity (Wildman–Crippen MR) is 99.5 cm³/mol. The van der Waals surface area contributed by atoms with Crippen molar-refractivity contribution in [2.75, 3.05) is 46.2 Å². The van der Waals surface area contributed by atoms with Crippen molar-refractivity contribution in [2.24, 2.45) is 0 Å². The van der Waals surface area contributed by atoms with Crippen LogP contribution in [0.4, 0.5) is 0 Å². The van der Waals surface area contributed by atoms with Gasteiger partial charge in [0.2, 0.25) is 0 Å². The van der Waals surface area contributed by atoms with Gasteiger partial charge in [-0.1, -0.05) is 18.7 Å². The Kier molecular flexibility index (Phi) is 9.05. The minimum absolute atomic E-state index is 0.00692. The van der Waals surface area contributed by atoms with Gasteiger partial charge in [-0.15, -0.1) is 0 Å². The lowest BCUT2D eigenvalue weighted by molar-refractivity contribution is -0.169. The Morgan fingerprint density at radius 1 is 1.19 bits per heavy atom. The lowest BCUT2D eigenvalue weighted by atomic mass is 10.1. The van der Waals surface area contributed by atoms with Crippen LogP contribution in [-0.4, -0.2) is 63.3 Å². The average molecular weight is 365 g/mol. The molecule has 0 saturated carbocycles. The molecule has 2 rings (SSSR count). The maximum atomic E-state index is 12.3. The first-order chi connectivity index (χ1) is 12.6. The molecule has 0 aromatic heterocycles. The monoisotopic (exact) mass is 365 g/mol. The number of allylic oxidation sites excluding steroid dienone is 2. The second-order valence-corrected chi connectivity index (χ2v) is 6.33. The van der Waals surface area contributed by atoms with Gasteiger partial charge in [-0.3, -0.25) is 4.79 Å². The second-order valence-electron chi connectivity index (χ2n) is 6.33. The van der Waals surface area contributed by atoms with Crippen LogP contribution in [0.5, 0.6) is 0 Å². The molecule has 2 aliphatic rings. The lowest BCUT2D eigenvalue weighted by Gasteiger charge is -2.22. The van der Waals surface area contributed by atoms with E-state index in [1.807, 2.05) is 26.0 Å². The Morgan fingerprint density at radius 2 is 1.92 bits per heavy atom. The number of amides is 1. The minimum atomic E-state index is -0.0702. The third-order valence-electron chi connectivity index (χ3n) is 4.47. The van der Waals surface area contributed by atoms with Gasteiger partial charge in [-0.2, -0.15) is 0 Å². The van der Waals surface area contributed by atoms with Gasteiger partial charge in [-0.05, 0) is 38.7 Å². The summed E-state index contributed by atoms with van der Waals surface area (Å²) < 4.78 is 22.1. The van der Waals surface area contributed by atoms with E-state index in [0.717, 1.165) is 37.1 Å². The van der Waals surface area contributed by atoms with Gasteiger partial charge in [0.15, 0.2) is 6.29 Å². The number of nitrogens with zero attached hydrogens (tertiary/aromatic N) is 1. The molecule has 1 unspecified atom stereocenters. The van der Waals surface area contributed by atoms with E-state index >= 15 is 0 Å². The van der Waals surface area contributed by atoms with Gasteiger partial charge in [-0.25, -0.2) is 0 Å².